The fraction of sp³-hybridized carbons (Fsp3) is 0.857. The van der Waals surface area contributed by atoms with Gasteiger partial charge in [0.1, 0.15) is 0 Å². The summed E-state index contributed by atoms with van der Waals surface area (Å²) >= 11 is 0. The minimum Gasteiger partial charge on any atom is -0.481 e. The molecular formula is C14H25N3O3. The smallest absolute Gasteiger partial charge is 0.320 e. The second-order valence-corrected chi connectivity index (χ2v) is 6.02. The molecule has 1 N–H and O–H groups in total. The van der Waals surface area contributed by atoms with Crippen LogP contribution in [-0.4, -0.2) is 77.1 Å². The van der Waals surface area contributed by atoms with E-state index in [1.165, 1.54) is 0 Å². The van der Waals surface area contributed by atoms with Gasteiger partial charge in [-0.2, -0.15) is 0 Å². The van der Waals surface area contributed by atoms with Gasteiger partial charge in [0.2, 0.25) is 0 Å². The number of carboxylic acid groups (broad SMARTS) is 1. The highest BCUT2D eigenvalue weighted by molar-refractivity contribution is 5.76. The normalized spacial score (nSPS) is 25.1. The van der Waals surface area contributed by atoms with Gasteiger partial charge in [0, 0.05) is 45.3 Å². The van der Waals surface area contributed by atoms with Crippen molar-refractivity contribution in [2.24, 2.45) is 5.92 Å². The SMILES string of the molecule is CC(C)N1CCN(C(=O)N2CCC[C@@H](C(=O)O)C2)CC1. The monoisotopic (exact) mass is 283 g/mol. The van der Waals surface area contributed by atoms with E-state index in [1.54, 1.807) is 4.90 Å². The molecule has 0 saturated carbocycles. The summed E-state index contributed by atoms with van der Waals surface area (Å²) < 4.78 is 0. The van der Waals surface area contributed by atoms with Crippen LogP contribution in [0, 0.1) is 5.92 Å². The lowest BCUT2D eigenvalue weighted by molar-refractivity contribution is -0.143. The molecule has 0 radical (unpaired) electrons. The zero-order valence-corrected chi connectivity index (χ0v) is 12.4. The molecule has 0 aromatic rings. The number of hydrogen-bond acceptors (Lipinski definition) is 3. The van der Waals surface area contributed by atoms with Gasteiger partial charge in [-0.1, -0.05) is 0 Å². The van der Waals surface area contributed by atoms with E-state index in [4.69, 9.17) is 5.11 Å². The molecule has 2 saturated heterocycles. The Labute approximate surface area is 120 Å². The largest absolute Gasteiger partial charge is 0.481 e. The molecule has 2 amide bonds. The van der Waals surface area contributed by atoms with Gasteiger partial charge in [-0.25, -0.2) is 4.79 Å². The molecule has 114 valence electrons. The first-order valence-electron chi connectivity index (χ1n) is 7.49. The van der Waals surface area contributed by atoms with Crippen LogP contribution < -0.4 is 0 Å². The van der Waals surface area contributed by atoms with Crippen molar-refractivity contribution in [3.8, 4) is 0 Å². The highest BCUT2D eigenvalue weighted by Gasteiger charge is 2.31. The third-order valence-corrected chi connectivity index (χ3v) is 4.36. The van der Waals surface area contributed by atoms with E-state index in [0.717, 1.165) is 32.6 Å². The first kappa shape index (κ1) is 15.1. The highest BCUT2D eigenvalue weighted by atomic mass is 16.4. The van der Waals surface area contributed by atoms with Crippen LogP contribution >= 0.6 is 0 Å². The van der Waals surface area contributed by atoms with Gasteiger partial charge in [0.25, 0.3) is 0 Å². The molecular weight excluding hydrogens is 258 g/mol. The number of rotatable bonds is 2. The maximum atomic E-state index is 12.4. The topological polar surface area (TPSA) is 64.1 Å². The Balaban J connectivity index is 1.87. The number of piperazine rings is 1. The Kier molecular flexibility index (Phi) is 4.86. The average molecular weight is 283 g/mol. The van der Waals surface area contributed by atoms with Crippen molar-refractivity contribution in [1.82, 2.24) is 14.7 Å². The molecule has 2 aliphatic heterocycles. The van der Waals surface area contributed by atoms with E-state index in [-0.39, 0.29) is 6.03 Å². The summed E-state index contributed by atoms with van der Waals surface area (Å²) in [5, 5.41) is 9.09. The van der Waals surface area contributed by atoms with Gasteiger partial charge in [-0.05, 0) is 26.7 Å². The lowest BCUT2D eigenvalue weighted by Gasteiger charge is -2.40. The number of carbonyl (C=O) groups excluding carboxylic acids is 1. The first-order chi connectivity index (χ1) is 9.49. The molecule has 2 rings (SSSR count). The number of likely N-dealkylation sites (tertiary alicyclic amines) is 1. The fourth-order valence-corrected chi connectivity index (χ4v) is 2.98. The lowest BCUT2D eigenvalue weighted by atomic mass is 9.98. The Hall–Kier alpha value is -1.30. The molecule has 1 atom stereocenters. The van der Waals surface area contributed by atoms with Crippen molar-refractivity contribution in [2.75, 3.05) is 39.3 Å². The van der Waals surface area contributed by atoms with Gasteiger partial charge in [-0.3, -0.25) is 9.69 Å². The quantitative estimate of drug-likeness (QED) is 0.819. The van der Waals surface area contributed by atoms with Crippen molar-refractivity contribution in [2.45, 2.75) is 32.7 Å². The second kappa shape index (κ2) is 6.43. The van der Waals surface area contributed by atoms with Crippen LogP contribution in [0.5, 0.6) is 0 Å². The predicted molar refractivity (Wildman–Crippen MR) is 75.6 cm³/mol. The Morgan fingerprint density at radius 3 is 2.25 bits per heavy atom. The zero-order valence-electron chi connectivity index (χ0n) is 12.4. The van der Waals surface area contributed by atoms with E-state index in [0.29, 0.717) is 25.6 Å². The Morgan fingerprint density at radius 2 is 1.70 bits per heavy atom. The lowest BCUT2D eigenvalue weighted by Crippen LogP contribution is -2.55. The maximum Gasteiger partial charge on any atom is 0.320 e. The number of piperidine rings is 1. The van der Waals surface area contributed by atoms with E-state index in [1.807, 2.05) is 4.90 Å². The number of carboxylic acids is 1. The standard InChI is InChI=1S/C14H25N3O3/c1-11(2)15-6-8-16(9-7-15)14(20)17-5-3-4-12(10-17)13(18)19/h11-12H,3-10H2,1-2H3,(H,18,19)/t12-/m1/s1. The summed E-state index contributed by atoms with van der Waals surface area (Å²) in [4.78, 5) is 29.4. The molecule has 0 spiro atoms. The van der Waals surface area contributed by atoms with Crippen molar-refractivity contribution in [3.05, 3.63) is 0 Å². The molecule has 0 bridgehead atoms. The minimum atomic E-state index is -0.785. The minimum absolute atomic E-state index is 0.0133. The van der Waals surface area contributed by atoms with Gasteiger partial charge < -0.3 is 14.9 Å². The Bertz CT molecular complexity index is 365. The van der Waals surface area contributed by atoms with Gasteiger partial charge in [0.15, 0.2) is 0 Å². The molecule has 2 aliphatic rings. The third-order valence-electron chi connectivity index (χ3n) is 4.36. The van der Waals surface area contributed by atoms with Crippen LogP contribution in [0.25, 0.3) is 0 Å². The number of hydrogen-bond donors (Lipinski definition) is 1. The van der Waals surface area contributed by atoms with Crippen LogP contribution in [0.2, 0.25) is 0 Å². The third kappa shape index (κ3) is 3.42. The second-order valence-electron chi connectivity index (χ2n) is 6.02. The molecule has 6 heteroatoms. The number of nitrogens with zero attached hydrogens (tertiary/aromatic N) is 3. The van der Waals surface area contributed by atoms with Gasteiger partial charge in [-0.15, -0.1) is 0 Å². The maximum absolute atomic E-state index is 12.4. The van der Waals surface area contributed by atoms with Gasteiger partial charge in [0.05, 0.1) is 5.92 Å². The van der Waals surface area contributed by atoms with Crippen LogP contribution in [0.4, 0.5) is 4.79 Å². The van der Waals surface area contributed by atoms with E-state index < -0.39 is 11.9 Å². The summed E-state index contributed by atoms with van der Waals surface area (Å²) in [5.74, 6) is -1.18. The molecule has 0 unspecified atom stereocenters. The summed E-state index contributed by atoms with van der Waals surface area (Å²) in [5.41, 5.74) is 0. The molecule has 2 fully saturated rings. The molecule has 0 aromatic carbocycles. The van der Waals surface area contributed by atoms with E-state index in [9.17, 15) is 9.59 Å². The summed E-state index contributed by atoms with van der Waals surface area (Å²) in [6.07, 6.45) is 1.47. The summed E-state index contributed by atoms with van der Waals surface area (Å²) in [6.45, 7) is 8.67. The first-order valence-corrected chi connectivity index (χ1v) is 7.49. The van der Waals surface area contributed by atoms with Crippen molar-refractivity contribution >= 4 is 12.0 Å². The summed E-state index contributed by atoms with van der Waals surface area (Å²) in [7, 11) is 0. The number of amides is 2. The average Bonchev–Trinajstić information content (AvgIpc) is 2.46. The van der Waals surface area contributed by atoms with E-state index >= 15 is 0 Å². The number of carbonyl (C=O) groups is 2. The summed E-state index contributed by atoms with van der Waals surface area (Å²) in [6, 6.07) is 0.526. The van der Waals surface area contributed by atoms with Crippen LogP contribution in [-0.2, 0) is 4.79 Å². The zero-order chi connectivity index (χ0) is 14.7. The molecule has 0 aliphatic carbocycles. The predicted octanol–water partition coefficient (Wildman–Crippen LogP) is 0.929. The van der Waals surface area contributed by atoms with Crippen LogP contribution in [0.1, 0.15) is 26.7 Å². The van der Waals surface area contributed by atoms with E-state index in [2.05, 4.69) is 18.7 Å². The number of urea groups is 1. The van der Waals surface area contributed by atoms with Crippen molar-refractivity contribution < 1.29 is 14.7 Å². The molecule has 20 heavy (non-hydrogen) atoms. The van der Waals surface area contributed by atoms with Crippen molar-refractivity contribution in [3.63, 3.8) is 0 Å². The van der Waals surface area contributed by atoms with Crippen LogP contribution in [0.15, 0.2) is 0 Å². The molecule has 0 aromatic heterocycles. The van der Waals surface area contributed by atoms with Crippen LogP contribution in [0.3, 0.4) is 0 Å². The number of aliphatic carboxylic acids is 1. The van der Waals surface area contributed by atoms with Crippen molar-refractivity contribution in [1.29, 1.82) is 0 Å². The Morgan fingerprint density at radius 1 is 1.05 bits per heavy atom. The molecule has 6 nitrogen and oxygen atoms in total. The highest BCUT2D eigenvalue weighted by Crippen LogP contribution is 2.18. The fourth-order valence-electron chi connectivity index (χ4n) is 2.98. The van der Waals surface area contributed by atoms with Gasteiger partial charge >= 0.3 is 12.0 Å². The molecule has 2 heterocycles.